The minimum atomic E-state index is -0.502. The Hall–Kier alpha value is -4.58. The number of aromatic nitrogens is 2. The van der Waals surface area contributed by atoms with Crippen LogP contribution in [0.25, 0.3) is 16.5 Å². The smallest absolute Gasteiger partial charge is 0.269 e. The van der Waals surface area contributed by atoms with Crippen molar-refractivity contribution in [3.05, 3.63) is 82.5 Å². The zero-order chi connectivity index (χ0) is 20.4. The molecule has 4 aromatic rings. The van der Waals surface area contributed by atoms with Crippen LogP contribution in [0.4, 0.5) is 17.2 Å². The van der Waals surface area contributed by atoms with Gasteiger partial charge >= 0.3 is 0 Å². The van der Waals surface area contributed by atoms with Crippen molar-refractivity contribution in [2.45, 2.75) is 0 Å². The summed E-state index contributed by atoms with van der Waals surface area (Å²) in [5.74, 6) is 0.0982. The highest BCUT2D eigenvalue weighted by molar-refractivity contribution is 5.95. The van der Waals surface area contributed by atoms with Crippen LogP contribution in [0.1, 0.15) is 5.56 Å². The number of azo groups is 1. The van der Waals surface area contributed by atoms with E-state index in [0.717, 1.165) is 5.39 Å². The molecule has 0 aliphatic carbocycles. The van der Waals surface area contributed by atoms with Crippen molar-refractivity contribution in [1.82, 2.24) is 9.78 Å². The van der Waals surface area contributed by atoms with Crippen LogP contribution in [0.15, 0.2) is 77.1 Å². The standard InChI is InChI=1S/C20H12N6O3/c21-11-14-12-22-25(15-6-8-16(9-7-15)26(28)29)20(14)24-23-19-17-4-2-1-3-13(17)5-10-18(19)27/h1-10,12,27H. The van der Waals surface area contributed by atoms with Gasteiger partial charge in [0.1, 0.15) is 23.1 Å². The molecule has 1 N–H and O–H groups in total. The number of phenols is 1. The summed E-state index contributed by atoms with van der Waals surface area (Å²) >= 11 is 0. The summed E-state index contributed by atoms with van der Waals surface area (Å²) in [5, 5.41) is 44.5. The monoisotopic (exact) mass is 384 g/mol. The van der Waals surface area contributed by atoms with E-state index in [2.05, 4.69) is 15.3 Å². The Labute approximate surface area is 163 Å². The Bertz CT molecular complexity index is 1300. The molecule has 0 radical (unpaired) electrons. The Morgan fingerprint density at radius 1 is 1.07 bits per heavy atom. The second-order valence-corrected chi connectivity index (χ2v) is 6.03. The molecule has 0 saturated heterocycles. The summed E-state index contributed by atoms with van der Waals surface area (Å²) in [5.41, 5.74) is 0.855. The predicted molar refractivity (Wildman–Crippen MR) is 105 cm³/mol. The zero-order valence-corrected chi connectivity index (χ0v) is 14.8. The van der Waals surface area contributed by atoms with Crippen LogP contribution in [-0.4, -0.2) is 19.8 Å². The van der Waals surface area contributed by atoms with Gasteiger partial charge in [-0.3, -0.25) is 10.1 Å². The van der Waals surface area contributed by atoms with E-state index in [1.54, 1.807) is 6.07 Å². The maximum atomic E-state index is 10.8. The first-order chi connectivity index (χ1) is 14.1. The van der Waals surface area contributed by atoms with E-state index in [-0.39, 0.29) is 28.5 Å². The van der Waals surface area contributed by atoms with Crippen LogP contribution >= 0.6 is 0 Å². The number of phenolic OH excluding ortho intramolecular Hbond substituents is 1. The Balaban J connectivity index is 1.81. The molecular formula is C20H12N6O3. The molecule has 9 nitrogen and oxygen atoms in total. The van der Waals surface area contributed by atoms with Crippen LogP contribution in [0.3, 0.4) is 0 Å². The fraction of sp³-hybridized carbons (Fsp3) is 0. The quantitative estimate of drug-likeness (QED) is 0.303. The van der Waals surface area contributed by atoms with Gasteiger partial charge in [-0.25, -0.2) is 4.68 Å². The molecule has 9 heteroatoms. The van der Waals surface area contributed by atoms with Gasteiger partial charge < -0.3 is 5.11 Å². The van der Waals surface area contributed by atoms with E-state index in [9.17, 15) is 20.5 Å². The third-order valence-electron chi connectivity index (χ3n) is 4.29. The summed E-state index contributed by atoms with van der Waals surface area (Å²) in [7, 11) is 0. The maximum absolute atomic E-state index is 10.8. The van der Waals surface area contributed by atoms with E-state index in [4.69, 9.17) is 0 Å². The van der Waals surface area contributed by atoms with Crippen molar-refractivity contribution < 1.29 is 10.0 Å². The van der Waals surface area contributed by atoms with E-state index in [1.807, 2.05) is 30.3 Å². The molecule has 0 spiro atoms. The molecule has 0 atom stereocenters. The summed E-state index contributed by atoms with van der Waals surface area (Å²) < 4.78 is 1.36. The van der Waals surface area contributed by atoms with Gasteiger partial charge in [0.25, 0.3) is 5.69 Å². The number of hydrogen-bond acceptors (Lipinski definition) is 7. The molecule has 1 aromatic heterocycles. The highest BCUT2D eigenvalue weighted by Gasteiger charge is 2.14. The topological polar surface area (TPSA) is 130 Å². The van der Waals surface area contributed by atoms with Crippen molar-refractivity contribution in [3.8, 4) is 17.5 Å². The molecule has 1 heterocycles. The number of aromatic hydroxyl groups is 1. The second kappa shape index (κ2) is 7.21. The van der Waals surface area contributed by atoms with Gasteiger partial charge in [-0.2, -0.15) is 10.4 Å². The van der Waals surface area contributed by atoms with Crippen LogP contribution in [0.5, 0.6) is 5.75 Å². The van der Waals surface area contributed by atoms with Gasteiger partial charge in [-0.1, -0.05) is 30.3 Å². The van der Waals surface area contributed by atoms with Crippen molar-refractivity contribution in [3.63, 3.8) is 0 Å². The van der Waals surface area contributed by atoms with Crippen LogP contribution in [0, 0.1) is 21.4 Å². The number of nitrogens with zero attached hydrogens (tertiary/aromatic N) is 6. The Kier molecular flexibility index (Phi) is 4.43. The molecular weight excluding hydrogens is 372 g/mol. The highest BCUT2D eigenvalue weighted by atomic mass is 16.6. The summed E-state index contributed by atoms with van der Waals surface area (Å²) in [4.78, 5) is 10.3. The Morgan fingerprint density at radius 3 is 2.55 bits per heavy atom. The van der Waals surface area contributed by atoms with E-state index >= 15 is 0 Å². The van der Waals surface area contributed by atoms with E-state index < -0.39 is 4.92 Å². The number of hydrogen-bond donors (Lipinski definition) is 1. The first kappa shape index (κ1) is 17.8. The van der Waals surface area contributed by atoms with Gasteiger partial charge in [-0.05, 0) is 23.6 Å². The predicted octanol–water partition coefficient (Wildman–Crippen LogP) is 4.93. The molecule has 140 valence electrons. The van der Waals surface area contributed by atoms with Crippen LogP contribution < -0.4 is 0 Å². The third kappa shape index (κ3) is 3.26. The van der Waals surface area contributed by atoms with Crippen LogP contribution in [0.2, 0.25) is 0 Å². The average Bonchev–Trinajstić information content (AvgIpc) is 3.16. The average molecular weight is 384 g/mol. The SMILES string of the molecule is N#Cc1cnn(-c2ccc([N+](=O)[O-])cc2)c1N=Nc1c(O)ccc2ccccc12. The van der Waals surface area contributed by atoms with Gasteiger partial charge in [-0.15, -0.1) is 10.2 Å². The molecule has 0 fully saturated rings. The van der Waals surface area contributed by atoms with Crippen molar-refractivity contribution in [2.75, 3.05) is 0 Å². The molecule has 0 aliphatic heterocycles. The first-order valence-electron chi connectivity index (χ1n) is 8.44. The Morgan fingerprint density at radius 2 is 1.83 bits per heavy atom. The number of nitriles is 1. The van der Waals surface area contributed by atoms with Gasteiger partial charge in [0.15, 0.2) is 5.82 Å². The van der Waals surface area contributed by atoms with Gasteiger partial charge in [0.05, 0.1) is 16.8 Å². The van der Waals surface area contributed by atoms with Crippen molar-refractivity contribution >= 4 is 28.0 Å². The number of benzene rings is 3. The number of nitro groups is 1. The van der Waals surface area contributed by atoms with E-state index in [1.165, 1.54) is 41.2 Å². The lowest BCUT2D eigenvalue weighted by Crippen LogP contribution is -1.96. The van der Waals surface area contributed by atoms with Crippen molar-refractivity contribution in [1.29, 1.82) is 5.26 Å². The third-order valence-corrected chi connectivity index (χ3v) is 4.29. The molecule has 0 unspecified atom stereocenters. The number of rotatable bonds is 4. The van der Waals surface area contributed by atoms with Crippen molar-refractivity contribution in [2.24, 2.45) is 10.2 Å². The number of nitro benzene ring substituents is 1. The normalized spacial score (nSPS) is 11.0. The first-order valence-corrected chi connectivity index (χ1v) is 8.44. The lowest BCUT2D eigenvalue weighted by Gasteiger charge is -2.05. The minimum absolute atomic E-state index is 0.0487. The minimum Gasteiger partial charge on any atom is -0.506 e. The van der Waals surface area contributed by atoms with E-state index in [0.29, 0.717) is 11.1 Å². The lowest BCUT2D eigenvalue weighted by molar-refractivity contribution is -0.384. The van der Waals surface area contributed by atoms with Crippen LogP contribution in [-0.2, 0) is 0 Å². The summed E-state index contributed by atoms with van der Waals surface area (Å²) in [6, 6.07) is 18.3. The summed E-state index contributed by atoms with van der Waals surface area (Å²) in [6.45, 7) is 0. The summed E-state index contributed by atoms with van der Waals surface area (Å²) in [6.07, 6.45) is 1.33. The lowest BCUT2D eigenvalue weighted by atomic mass is 10.1. The molecule has 29 heavy (non-hydrogen) atoms. The largest absolute Gasteiger partial charge is 0.506 e. The van der Waals surface area contributed by atoms with Gasteiger partial charge in [0, 0.05) is 17.5 Å². The molecule has 0 amide bonds. The molecule has 0 saturated carbocycles. The fourth-order valence-corrected chi connectivity index (χ4v) is 2.87. The molecule has 3 aromatic carbocycles. The number of non-ortho nitro benzene ring substituents is 1. The second-order valence-electron chi connectivity index (χ2n) is 6.03. The number of fused-ring (bicyclic) bond motifs is 1. The molecule has 0 bridgehead atoms. The molecule has 0 aliphatic rings. The maximum Gasteiger partial charge on any atom is 0.269 e. The highest BCUT2D eigenvalue weighted by Crippen LogP contribution is 2.36. The van der Waals surface area contributed by atoms with Gasteiger partial charge in [0.2, 0.25) is 0 Å². The molecule has 4 rings (SSSR count). The zero-order valence-electron chi connectivity index (χ0n) is 14.8. The fourth-order valence-electron chi connectivity index (χ4n) is 2.87.